The van der Waals surface area contributed by atoms with E-state index in [2.05, 4.69) is 19.1 Å². The van der Waals surface area contributed by atoms with Crippen LogP contribution in [0.1, 0.15) is 18.4 Å². The molecule has 0 aliphatic rings. The molecular weight excluding hydrogens is 311 g/mol. The van der Waals surface area contributed by atoms with Gasteiger partial charge in [0.05, 0.1) is 3.96 Å². The summed E-state index contributed by atoms with van der Waals surface area (Å²) in [4.78, 5) is 0. The fourth-order valence-corrected chi connectivity index (χ4v) is 1.88. The zero-order valence-electron chi connectivity index (χ0n) is 9.88. The second-order valence-electron chi connectivity index (χ2n) is 3.86. The van der Waals surface area contributed by atoms with Crippen LogP contribution in [-0.4, -0.2) is 14.2 Å². The van der Waals surface area contributed by atoms with E-state index in [4.69, 9.17) is 23.2 Å². The molecule has 0 N–H and O–H groups in total. The van der Waals surface area contributed by atoms with Gasteiger partial charge in [-0.2, -0.15) is 17.7 Å². The molecule has 0 bridgehead atoms. The van der Waals surface area contributed by atoms with Crippen LogP contribution in [0.4, 0.5) is 0 Å². The fourth-order valence-electron chi connectivity index (χ4n) is 1.29. The average Bonchev–Trinajstić information content (AvgIpc) is 2.91. The van der Waals surface area contributed by atoms with Gasteiger partial charge in [0.15, 0.2) is 0 Å². The minimum absolute atomic E-state index is 0. The van der Waals surface area contributed by atoms with Gasteiger partial charge in [-0.3, -0.25) is 0 Å². The standard InChI is InChI=1S/C8H11Cl2Si.C5H5.Fe/c1-6(8(9,10)11)7-4-2-3-5-7;1-2-4-5-3-1;/h2-6H,1,11H3;1-5H;/q-1;-5;. The minimum Gasteiger partial charge on any atom is -0.748 e. The first-order valence-corrected chi connectivity index (χ1v) is 7.03. The van der Waals surface area contributed by atoms with E-state index in [1.54, 1.807) is 0 Å². The molecule has 0 amide bonds. The fraction of sp³-hybridized carbons (Fsp3) is 0.231. The van der Waals surface area contributed by atoms with E-state index in [0.717, 1.165) is 10.2 Å². The molecule has 0 spiro atoms. The van der Waals surface area contributed by atoms with E-state index >= 15 is 0 Å². The Morgan fingerprint density at radius 3 is 1.71 bits per heavy atom. The summed E-state index contributed by atoms with van der Waals surface area (Å²) in [6.45, 7) is 2.06. The molecule has 1 unspecified atom stereocenters. The SMILES string of the molecule is CC([c-]1cccc1)C([SiH3])(Cl)Cl.[Fe].[cH-]1[cH-][cH-][cH-][cH-]1. The number of alkyl halides is 2. The van der Waals surface area contributed by atoms with E-state index in [0.29, 0.717) is 0 Å². The van der Waals surface area contributed by atoms with Crippen LogP contribution >= 0.6 is 23.2 Å². The Hall–Kier alpha value is 0.0164. The van der Waals surface area contributed by atoms with Gasteiger partial charge >= 0.3 is 0 Å². The van der Waals surface area contributed by atoms with Crippen molar-refractivity contribution in [3.63, 3.8) is 0 Å². The van der Waals surface area contributed by atoms with Gasteiger partial charge in [0.1, 0.15) is 0 Å². The first-order valence-electron chi connectivity index (χ1n) is 5.28. The molecule has 0 aromatic heterocycles. The van der Waals surface area contributed by atoms with Crippen molar-refractivity contribution < 1.29 is 17.1 Å². The molecule has 1 atom stereocenters. The van der Waals surface area contributed by atoms with Crippen LogP contribution < -0.4 is 0 Å². The second kappa shape index (κ2) is 8.18. The van der Waals surface area contributed by atoms with Gasteiger partial charge in [-0.15, -0.1) is 23.2 Å². The average molecular weight is 327 g/mol. The maximum absolute atomic E-state index is 6.00. The first kappa shape index (κ1) is 17.0. The number of halogens is 2. The summed E-state index contributed by atoms with van der Waals surface area (Å²) in [5.74, 6) is 0.243. The first-order chi connectivity index (χ1) is 7.52. The van der Waals surface area contributed by atoms with Crippen LogP contribution in [0.5, 0.6) is 0 Å². The third kappa shape index (κ3) is 6.49. The van der Waals surface area contributed by atoms with E-state index in [1.807, 2.05) is 42.5 Å². The molecule has 0 aliphatic carbocycles. The maximum Gasteiger partial charge on any atom is 0.0935 e. The Kier molecular flexibility index (Phi) is 8.18. The molecule has 100 valence electrons. The summed E-state index contributed by atoms with van der Waals surface area (Å²) in [6, 6.07) is 18.1. The van der Waals surface area contributed by atoms with Gasteiger partial charge in [-0.25, -0.2) is 12.1 Å². The molecular formula is C13H16Cl2FeSi-6. The Bertz CT molecular complexity index is 345. The third-order valence-corrected chi connectivity index (χ3v) is 4.03. The molecule has 0 fully saturated rings. The van der Waals surface area contributed by atoms with E-state index in [1.165, 1.54) is 5.56 Å². The molecule has 0 radical (unpaired) electrons. The molecule has 0 heterocycles. The van der Waals surface area contributed by atoms with Gasteiger partial charge in [0, 0.05) is 27.3 Å². The number of rotatable bonds is 2. The summed E-state index contributed by atoms with van der Waals surface area (Å²) in [7, 11) is 0.789. The van der Waals surface area contributed by atoms with Gasteiger partial charge in [0.25, 0.3) is 0 Å². The van der Waals surface area contributed by atoms with Crippen molar-refractivity contribution in [2.45, 2.75) is 16.8 Å². The zero-order chi connectivity index (χ0) is 12.0. The van der Waals surface area contributed by atoms with Crippen molar-refractivity contribution in [1.29, 1.82) is 0 Å². The van der Waals surface area contributed by atoms with Crippen LogP contribution in [-0.2, 0) is 17.1 Å². The molecule has 17 heavy (non-hydrogen) atoms. The van der Waals surface area contributed by atoms with Gasteiger partial charge < -0.3 is 30.3 Å². The van der Waals surface area contributed by atoms with E-state index in [-0.39, 0.29) is 23.0 Å². The van der Waals surface area contributed by atoms with Crippen molar-refractivity contribution in [3.8, 4) is 0 Å². The zero-order valence-corrected chi connectivity index (χ0v) is 14.5. The molecule has 0 aliphatic heterocycles. The van der Waals surface area contributed by atoms with Crippen molar-refractivity contribution in [1.82, 2.24) is 0 Å². The summed E-state index contributed by atoms with van der Waals surface area (Å²) in [5.41, 5.74) is 1.23. The summed E-state index contributed by atoms with van der Waals surface area (Å²) in [5, 5.41) is 0. The summed E-state index contributed by atoms with van der Waals surface area (Å²) in [6.07, 6.45) is 0. The maximum atomic E-state index is 6.00. The smallest absolute Gasteiger partial charge is 0.0935 e. The quantitative estimate of drug-likeness (QED) is 0.451. The second-order valence-corrected chi connectivity index (χ2v) is 8.47. The summed E-state index contributed by atoms with van der Waals surface area (Å²) < 4.78 is -0.533. The van der Waals surface area contributed by atoms with Crippen LogP contribution in [0, 0.1) is 0 Å². The minimum atomic E-state index is -0.533. The van der Waals surface area contributed by atoms with Crippen LogP contribution in [0.25, 0.3) is 0 Å². The Morgan fingerprint density at radius 2 is 1.41 bits per heavy atom. The Labute approximate surface area is 127 Å². The predicted molar refractivity (Wildman–Crippen MR) is 76.9 cm³/mol. The molecule has 0 nitrogen and oxygen atoms in total. The van der Waals surface area contributed by atoms with Crippen molar-refractivity contribution in [3.05, 3.63) is 60.2 Å². The van der Waals surface area contributed by atoms with E-state index in [9.17, 15) is 0 Å². The monoisotopic (exact) mass is 326 g/mol. The van der Waals surface area contributed by atoms with E-state index < -0.39 is 3.96 Å². The van der Waals surface area contributed by atoms with Gasteiger partial charge in [0.2, 0.25) is 0 Å². The molecule has 4 heteroatoms. The van der Waals surface area contributed by atoms with Gasteiger partial charge in [-0.1, -0.05) is 6.92 Å². The molecule has 2 aromatic rings. The molecule has 0 saturated carbocycles. The van der Waals surface area contributed by atoms with Crippen LogP contribution in [0.3, 0.4) is 0 Å². The largest absolute Gasteiger partial charge is 0.748 e. The van der Waals surface area contributed by atoms with Gasteiger partial charge in [-0.05, 0) is 5.92 Å². The third-order valence-electron chi connectivity index (χ3n) is 2.50. The normalized spacial score (nSPS) is 12.2. The molecule has 2 aromatic carbocycles. The Balaban J connectivity index is 0.000000360. The molecule has 2 rings (SSSR count). The Morgan fingerprint density at radius 1 is 1.06 bits per heavy atom. The number of hydrogen-bond acceptors (Lipinski definition) is 0. The van der Waals surface area contributed by atoms with Crippen molar-refractivity contribution in [2.24, 2.45) is 0 Å². The van der Waals surface area contributed by atoms with Crippen molar-refractivity contribution >= 4 is 33.4 Å². The van der Waals surface area contributed by atoms with Crippen LogP contribution in [0.15, 0.2) is 54.6 Å². The van der Waals surface area contributed by atoms with Crippen LogP contribution in [0.2, 0.25) is 0 Å². The number of hydrogen-bond donors (Lipinski definition) is 0. The topological polar surface area (TPSA) is 0 Å². The predicted octanol–water partition coefficient (Wildman–Crippen LogP) is 3.41. The summed E-state index contributed by atoms with van der Waals surface area (Å²) >= 11 is 12.0. The van der Waals surface area contributed by atoms with Crippen molar-refractivity contribution in [2.75, 3.05) is 0 Å². The molecule has 0 saturated heterocycles.